The van der Waals surface area contributed by atoms with Crippen molar-refractivity contribution in [2.75, 3.05) is 0 Å². The lowest BCUT2D eigenvalue weighted by Gasteiger charge is -2.21. The number of hydrogen-bond acceptors (Lipinski definition) is 3. The molecule has 2 aromatic rings. The summed E-state index contributed by atoms with van der Waals surface area (Å²) < 4.78 is 3.37. The van der Waals surface area contributed by atoms with E-state index in [2.05, 4.69) is 61.5 Å². The van der Waals surface area contributed by atoms with Crippen molar-refractivity contribution < 1.29 is 0 Å². The summed E-state index contributed by atoms with van der Waals surface area (Å²) in [5, 5.41) is 9.99. The third-order valence-electron chi connectivity index (χ3n) is 4.31. The number of allylic oxidation sites excluding steroid dienone is 1. The number of aromatic nitrogens is 3. The fourth-order valence-electron chi connectivity index (χ4n) is 3.10. The molecule has 1 saturated carbocycles. The van der Waals surface area contributed by atoms with Gasteiger partial charge in [0.15, 0.2) is 5.16 Å². The molecule has 0 N–H and O–H groups in total. The van der Waals surface area contributed by atoms with Crippen LogP contribution in [0, 0.1) is 0 Å². The second kappa shape index (κ2) is 8.15. The summed E-state index contributed by atoms with van der Waals surface area (Å²) in [6, 6.07) is 8.45. The van der Waals surface area contributed by atoms with E-state index in [-0.39, 0.29) is 0 Å². The predicted molar refractivity (Wildman–Crippen MR) is 99.7 cm³/mol. The van der Waals surface area contributed by atoms with Crippen molar-refractivity contribution in [3.8, 4) is 0 Å². The van der Waals surface area contributed by atoms with Crippen molar-refractivity contribution in [3.05, 3.63) is 52.8 Å². The highest BCUT2D eigenvalue weighted by atomic mass is 79.9. The Morgan fingerprint density at radius 3 is 2.61 bits per heavy atom. The summed E-state index contributed by atoms with van der Waals surface area (Å²) >= 11 is 5.23. The Morgan fingerprint density at radius 2 is 1.91 bits per heavy atom. The molecule has 23 heavy (non-hydrogen) atoms. The topological polar surface area (TPSA) is 30.7 Å². The summed E-state index contributed by atoms with van der Waals surface area (Å²) in [7, 11) is 0. The molecule has 0 aliphatic heterocycles. The molecule has 0 bridgehead atoms. The first-order valence-corrected chi connectivity index (χ1v) is 9.97. The molecule has 0 spiro atoms. The van der Waals surface area contributed by atoms with Crippen LogP contribution in [0.2, 0.25) is 0 Å². The van der Waals surface area contributed by atoms with E-state index < -0.39 is 0 Å². The standard InChI is InChI=1S/C18H22BrN3S/c1-2-12-22-17(15-6-4-3-5-7-15)20-21-18(22)23-13-14-8-10-16(19)11-9-14/h2,8-11,15H,1,3-7,12-13H2. The van der Waals surface area contributed by atoms with E-state index >= 15 is 0 Å². The summed E-state index contributed by atoms with van der Waals surface area (Å²) in [6.07, 6.45) is 8.41. The molecule has 1 fully saturated rings. The summed E-state index contributed by atoms with van der Waals surface area (Å²) in [6.45, 7) is 4.69. The molecule has 0 amide bonds. The zero-order chi connectivity index (χ0) is 16.1. The molecule has 3 nitrogen and oxygen atoms in total. The maximum absolute atomic E-state index is 4.52. The number of thioether (sulfide) groups is 1. The van der Waals surface area contributed by atoms with Gasteiger partial charge in [0.05, 0.1) is 0 Å². The van der Waals surface area contributed by atoms with Crippen LogP contribution >= 0.6 is 27.7 Å². The van der Waals surface area contributed by atoms with E-state index in [0.717, 1.165) is 27.8 Å². The van der Waals surface area contributed by atoms with Gasteiger partial charge in [0.2, 0.25) is 0 Å². The lowest BCUT2D eigenvalue weighted by atomic mass is 9.89. The highest BCUT2D eigenvalue weighted by molar-refractivity contribution is 9.10. The van der Waals surface area contributed by atoms with Gasteiger partial charge in [0.25, 0.3) is 0 Å². The zero-order valence-electron chi connectivity index (χ0n) is 13.2. The molecule has 1 aliphatic rings. The van der Waals surface area contributed by atoms with Gasteiger partial charge < -0.3 is 4.57 Å². The Bertz CT molecular complexity index is 645. The average Bonchev–Trinajstić information content (AvgIpc) is 2.98. The van der Waals surface area contributed by atoms with Crippen molar-refractivity contribution in [1.29, 1.82) is 0 Å². The van der Waals surface area contributed by atoms with Crippen molar-refractivity contribution in [2.24, 2.45) is 0 Å². The maximum atomic E-state index is 4.52. The number of nitrogens with zero attached hydrogens (tertiary/aromatic N) is 3. The van der Waals surface area contributed by atoms with E-state index in [1.807, 2.05) is 6.08 Å². The van der Waals surface area contributed by atoms with Gasteiger partial charge in [-0.1, -0.05) is 65.2 Å². The molecule has 0 saturated heterocycles. The Kier molecular flexibility index (Phi) is 5.95. The van der Waals surface area contributed by atoms with Crippen LogP contribution < -0.4 is 0 Å². The van der Waals surface area contributed by atoms with E-state index in [1.165, 1.54) is 37.7 Å². The van der Waals surface area contributed by atoms with Gasteiger partial charge in [0.1, 0.15) is 5.82 Å². The maximum Gasteiger partial charge on any atom is 0.191 e. The van der Waals surface area contributed by atoms with Crippen LogP contribution in [-0.2, 0) is 12.3 Å². The van der Waals surface area contributed by atoms with Gasteiger partial charge in [-0.25, -0.2) is 0 Å². The highest BCUT2D eigenvalue weighted by Crippen LogP contribution is 2.33. The molecule has 0 radical (unpaired) electrons. The Balaban J connectivity index is 1.74. The van der Waals surface area contributed by atoms with Crippen LogP contribution in [0.4, 0.5) is 0 Å². The van der Waals surface area contributed by atoms with Gasteiger partial charge in [-0.05, 0) is 30.5 Å². The minimum Gasteiger partial charge on any atom is -0.302 e. The van der Waals surface area contributed by atoms with Crippen molar-refractivity contribution in [1.82, 2.24) is 14.8 Å². The molecule has 1 heterocycles. The normalized spacial score (nSPS) is 15.7. The largest absolute Gasteiger partial charge is 0.302 e. The third kappa shape index (κ3) is 4.27. The third-order valence-corrected chi connectivity index (χ3v) is 5.88. The van der Waals surface area contributed by atoms with E-state index in [0.29, 0.717) is 5.92 Å². The van der Waals surface area contributed by atoms with Crippen molar-refractivity contribution in [2.45, 2.75) is 55.5 Å². The zero-order valence-corrected chi connectivity index (χ0v) is 15.7. The van der Waals surface area contributed by atoms with Gasteiger partial charge in [-0.3, -0.25) is 0 Å². The Labute approximate surface area is 150 Å². The van der Waals surface area contributed by atoms with Crippen molar-refractivity contribution >= 4 is 27.7 Å². The monoisotopic (exact) mass is 391 g/mol. The van der Waals surface area contributed by atoms with Crippen LogP contribution in [-0.4, -0.2) is 14.8 Å². The molecular formula is C18H22BrN3S. The summed E-state index contributed by atoms with van der Waals surface area (Å²) in [5.41, 5.74) is 1.30. The molecular weight excluding hydrogens is 370 g/mol. The fraction of sp³-hybridized carbons (Fsp3) is 0.444. The lowest BCUT2D eigenvalue weighted by molar-refractivity contribution is 0.415. The first-order chi connectivity index (χ1) is 11.3. The van der Waals surface area contributed by atoms with Crippen molar-refractivity contribution in [3.63, 3.8) is 0 Å². The van der Waals surface area contributed by atoms with E-state index in [1.54, 1.807) is 11.8 Å². The van der Waals surface area contributed by atoms with Crippen LogP contribution in [0.15, 0.2) is 46.5 Å². The quantitative estimate of drug-likeness (QED) is 0.476. The molecule has 1 aliphatic carbocycles. The number of hydrogen-bond donors (Lipinski definition) is 0. The predicted octanol–water partition coefficient (Wildman–Crippen LogP) is 5.57. The molecule has 0 unspecified atom stereocenters. The summed E-state index contributed by atoms with van der Waals surface area (Å²) in [4.78, 5) is 0. The van der Waals surface area contributed by atoms with E-state index in [4.69, 9.17) is 0 Å². The summed E-state index contributed by atoms with van der Waals surface area (Å²) in [5.74, 6) is 2.63. The minimum atomic E-state index is 0.568. The second-order valence-corrected chi connectivity index (χ2v) is 7.85. The smallest absolute Gasteiger partial charge is 0.191 e. The van der Waals surface area contributed by atoms with Crippen LogP contribution in [0.25, 0.3) is 0 Å². The Hall–Kier alpha value is -1.07. The van der Waals surface area contributed by atoms with Gasteiger partial charge in [0, 0.05) is 22.7 Å². The first-order valence-electron chi connectivity index (χ1n) is 8.19. The Morgan fingerprint density at radius 1 is 1.17 bits per heavy atom. The van der Waals surface area contributed by atoms with Gasteiger partial charge >= 0.3 is 0 Å². The fourth-order valence-corrected chi connectivity index (χ4v) is 4.27. The molecule has 3 rings (SSSR count). The van der Waals surface area contributed by atoms with Crippen LogP contribution in [0.1, 0.15) is 49.4 Å². The molecule has 5 heteroatoms. The second-order valence-electron chi connectivity index (χ2n) is 5.99. The average molecular weight is 392 g/mol. The first kappa shape index (κ1) is 16.8. The molecule has 1 aromatic carbocycles. The van der Waals surface area contributed by atoms with Gasteiger partial charge in [-0.15, -0.1) is 16.8 Å². The van der Waals surface area contributed by atoms with Crippen LogP contribution in [0.3, 0.4) is 0 Å². The molecule has 0 atom stereocenters. The van der Waals surface area contributed by atoms with Crippen LogP contribution in [0.5, 0.6) is 0 Å². The van der Waals surface area contributed by atoms with Gasteiger partial charge in [-0.2, -0.15) is 0 Å². The lowest BCUT2D eigenvalue weighted by Crippen LogP contribution is -2.12. The number of rotatable bonds is 6. The molecule has 1 aromatic heterocycles. The SMILES string of the molecule is C=CCn1c(SCc2ccc(Br)cc2)nnc1C1CCCCC1. The minimum absolute atomic E-state index is 0.568. The van der Waals surface area contributed by atoms with E-state index in [9.17, 15) is 0 Å². The number of benzene rings is 1. The molecule has 122 valence electrons. The highest BCUT2D eigenvalue weighted by Gasteiger charge is 2.22. The number of halogens is 1.